The fraction of sp³-hybridized carbons (Fsp3) is 0.500. The number of nitrogens with zero attached hydrogens (tertiary/aromatic N) is 2. The molecule has 2 amide bonds. The van der Waals surface area contributed by atoms with Gasteiger partial charge in [-0.15, -0.1) is 0 Å². The van der Waals surface area contributed by atoms with E-state index < -0.39 is 6.04 Å². The molecule has 1 aromatic carbocycles. The van der Waals surface area contributed by atoms with Gasteiger partial charge in [0.15, 0.2) is 0 Å². The van der Waals surface area contributed by atoms with Gasteiger partial charge < -0.3 is 9.80 Å². The zero-order chi connectivity index (χ0) is 15.1. The van der Waals surface area contributed by atoms with Crippen molar-refractivity contribution in [3.05, 3.63) is 35.9 Å². The van der Waals surface area contributed by atoms with Crippen LogP contribution < -0.4 is 0 Å². The van der Waals surface area contributed by atoms with Gasteiger partial charge in [-0.05, 0) is 19.1 Å². The maximum Gasteiger partial charge on any atom is 0.256 e. The normalized spacial score (nSPS) is 23.4. The van der Waals surface area contributed by atoms with Crippen LogP contribution in [0.15, 0.2) is 30.3 Å². The van der Waals surface area contributed by atoms with E-state index in [1.165, 1.54) is 0 Å². The first-order valence-electron chi connectivity index (χ1n) is 6.89. The van der Waals surface area contributed by atoms with Crippen molar-refractivity contribution in [3.63, 3.8) is 0 Å². The minimum atomic E-state index is -0.420. The number of rotatable bonds is 1. The number of carbonyl (C=O) groups is 2. The van der Waals surface area contributed by atoms with Crippen LogP contribution in [0.25, 0.3) is 0 Å². The molecule has 0 bridgehead atoms. The Hall–Kier alpha value is -1.84. The molecule has 4 heteroatoms. The summed E-state index contributed by atoms with van der Waals surface area (Å²) in [7, 11) is 1.77. The van der Waals surface area contributed by atoms with Gasteiger partial charge in [-0.1, -0.05) is 39.0 Å². The van der Waals surface area contributed by atoms with Gasteiger partial charge in [0.25, 0.3) is 5.91 Å². The smallest absolute Gasteiger partial charge is 0.256 e. The average molecular weight is 274 g/mol. The van der Waals surface area contributed by atoms with Gasteiger partial charge in [0, 0.05) is 18.0 Å². The molecule has 0 spiro atoms. The minimum absolute atomic E-state index is 0.00536. The van der Waals surface area contributed by atoms with E-state index in [1.807, 2.05) is 39.0 Å². The molecule has 4 nitrogen and oxygen atoms in total. The van der Waals surface area contributed by atoms with E-state index in [1.54, 1.807) is 35.9 Å². The van der Waals surface area contributed by atoms with Gasteiger partial charge in [0.05, 0.1) is 0 Å². The van der Waals surface area contributed by atoms with Gasteiger partial charge in [-0.3, -0.25) is 9.59 Å². The fourth-order valence-electron chi connectivity index (χ4n) is 2.95. The first-order valence-corrected chi connectivity index (χ1v) is 6.89. The molecule has 1 aliphatic heterocycles. The number of amides is 2. The minimum Gasteiger partial charge on any atom is -0.323 e. The van der Waals surface area contributed by atoms with Crippen molar-refractivity contribution in [1.29, 1.82) is 0 Å². The monoisotopic (exact) mass is 274 g/mol. The van der Waals surface area contributed by atoms with Crippen LogP contribution in [0.3, 0.4) is 0 Å². The number of likely N-dealkylation sites (N-methyl/N-ethyl adjacent to an activating group) is 1. The number of benzene rings is 1. The Kier molecular flexibility index (Phi) is 3.59. The Bertz CT molecular complexity index is 519. The summed E-state index contributed by atoms with van der Waals surface area (Å²) in [5, 5.41) is 0. The second kappa shape index (κ2) is 4.93. The molecule has 1 heterocycles. The van der Waals surface area contributed by atoms with E-state index >= 15 is 0 Å². The van der Waals surface area contributed by atoms with Crippen LogP contribution in [0.5, 0.6) is 0 Å². The average Bonchev–Trinajstić information content (AvgIpc) is 2.63. The molecule has 0 saturated carbocycles. The van der Waals surface area contributed by atoms with Crippen LogP contribution in [-0.4, -0.2) is 40.9 Å². The molecule has 1 aliphatic rings. The van der Waals surface area contributed by atoms with Crippen molar-refractivity contribution in [3.8, 4) is 0 Å². The topological polar surface area (TPSA) is 40.6 Å². The van der Waals surface area contributed by atoms with E-state index in [4.69, 9.17) is 0 Å². The predicted octanol–water partition coefficient (Wildman–Crippen LogP) is 2.36. The van der Waals surface area contributed by atoms with Crippen molar-refractivity contribution >= 4 is 11.8 Å². The number of hydrogen-bond acceptors (Lipinski definition) is 2. The summed E-state index contributed by atoms with van der Waals surface area (Å²) in [6.07, 6.45) is -0.224. The molecular weight excluding hydrogens is 252 g/mol. The molecule has 0 aliphatic carbocycles. The largest absolute Gasteiger partial charge is 0.323 e. The SMILES string of the molecule is C[C@H]1C(=O)N(C)[C@H](C(C)(C)C)N1C(=O)c1ccccc1. The Morgan fingerprint density at radius 2 is 1.70 bits per heavy atom. The second-order valence-corrected chi connectivity index (χ2v) is 6.44. The molecule has 0 unspecified atom stereocenters. The third-order valence-electron chi connectivity index (χ3n) is 3.78. The highest BCUT2D eigenvalue weighted by Crippen LogP contribution is 2.34. The maximum atomic E-state index is 12.8. The summed E-state index contributed by atoms with van der Waals surface area (Å²) in [6, 6.07) is 8.71. The summed E-state index contributed by atoms with van der Waals surface area (Å²) in [5.74, 6) is -0.0927. The molecule has 1 fully saturated rings. The summed E-state index contributed by atoms with van der Waals surface area (Å²) in [6.45, 7) is 7.94. The maximum absolute atomic E-state index is 12.8. The highest BCUT2D eigenvalue weighted by atomic mass is 16.2. The second-order valence-electron chi connectivity index (χ2n) is 6.44. The first kappa shape index (κ1) is 14.6. The van der Waals surface area contributed by atoms with E-state index in [-0.39, 0.29) is 23.4 Å². The van der Waals surface area contributed by atoms with Crippen LogP contribution in [-0.2, 0) is 4.79 Å². The van der Waals surface area contributed by atoms with E-state index in [2.05, 4.69) is 0 Å². The Morgan fingerprint density at radius 3 is 2.20 bits per heavy atom. The lowest BCUT2D eigenvalue weighted by molar-refractivity contribution is -0.129. The quantitative estimate of drug-likeness (QED) is 0.789. The lowest BCUT2D eigenvalue weighted by atomic mass is 9.90. The molecule has 20 heavy (non-hydrogen) atoms. The van der Waals surface area contributed by atoms with Crippen LogP contribution in [0.1, 0.15) is 38.1 Å². The number of carbonyl (C=O) groups excluding carboxylic acids is 2. The fourth-order valence-corrected chi connectivity index (χ4v) is 2.95. The summed E-state index contributed by atoms with van der Waals surface area (Å²) >= 11 is 0. The van der Waals surface area contributed by atoms with Crippen molar-refractivity contribution in [2.45, 2.75) is 39.9 Å². The highest BCUT2D eigenvalue weighted by molar-refractivity contribution is 5.99. The highest BCUT2D eigenvalue weighted by Gasteiger charge is 2.49. The molecule has 0 N–H and O–H groups in total. The number of hydrogen-bond donors (Lipinski definition) is 0. The Labute approximate surface area is 120 Å². The molecule has 2 atom stereocenters. The molecule has 0 radical (unpaired) electrons. The van der Waals surface area contributed by atoms with Crippen molar-refractivity contribution in [2.24, 2.45) is 5.41 Å². The van der Waals surface area contributed by atoms with Crippen molar-refractivity contribution in [2.75, 3.05) is 7.05 Å². The first-order chi connectivity index (χ1) is 9.25. The zero-order valence-electron chi connectivity index (χ0n) is 12.8. The lowest BCUT2D eigenvalue weighted by Gasteiger charge is -2.38. The summed E-state index contributed by atoms with van der Waals surface area (Å²) in [4.78, 5) is 28.4. The van der Waals surface area contributed by atoms with Crippen molar-refractivity contribution in [1.82, 2.24) is 9.80 Å². The van der Waals surface area contributed by atoms with Crippen LogP contribution in [0.4, 0.5) is 0 Å². The molecular formula is C16H22N2O2. The molecule has 0 aromatic heterocycles. The summed E-state index contributed by atoms with van der Waals surface area (Å²) < 4.78 is 0. The van der Waals surface area contributed by atoms with Crippen LogP contribution in [0, 0.1) is 5.41 Å². The Balaban J connectivity index is 2.42. The van der Waals surface area contributed by atoms with Crippen molar-refractivity contribution < 1.29 is 9.59 Å². The zero-order valence-corrected chi connectivity index (χ0v) is 12.8. The van der Waals surface area contributed by atoms with Gasteiger partial charge >= 0.3 is 0 Å². The third-order valence-corrected chi connectivity index (χ3v) is 3.78. The molecule has 2 rings (SSSR count). The van der Waals surface area contributed by atoms with Gasteiger partial charge in [-0.25, -0.2) is 0 Å². The van der Waals surface area contributed by atoms with E-state index in [9.17, 15) is 9.59 Å². The molecule has 108 valence electrons. The van der Waals surface area contributed by atoms with Crippen LogP contribution in [0.2, 0.25) is 0 Å². The van der Waals surface area contributed by atoms with E-state index in [0.29, 0.717) is 5.56 Å². The lowest BCUT2D eigenvalue weighted by Crippen LogP contribution is -2.50. The van der Waals surface area contributed by atoms with Crippen LogP contribution >= 0.6 is 0 Å². The Morgan fingerprint density at radius 1 is 1.15 bits per heavy atom. The summed E-state index contributed by atoms with van der Waals surface area (Å²) in [5.41, 5.74) is 0.427. The van der Waals surface area contributed by atoms with E-state index in [0.717, 1.165) is 0 Å². The molecule has 1 aromatic rings. The molecule has 1 saturated heterocycles. The van der Waals surface area contributed by atoms with Gasteiger partial charge in [0.2, 0.25) is 5.91 Å². The van der Waals surface area contributed by atoms with Gasteiger partial charge in [-0.2, -0.15) is 0 Å². The predicted molar refractivity (Wildman–Crippen MR) is 78.1 cm³/mol. The van der Waals surface area contributed by atoms with Gasteiger partial charge in [0.1, 0.15) is 12.2 Å². The third kappa shape index (κ3) is 2.30. The standard InChI is InChI=1S/C16H22N2O2/c1-11-13(19)17(5)15(16(2,3)4)18(11)14(20)12-9-7-6-8-10-12/h6-11,15H,1-5H3/t11-,15-/m0/s1.